The van der Waals surface area contributed by atoms with Crippen molar-refractivity contribution < 1.29 is 9.53 Å². The predicted molar refractivity (Wildman–Crippen MR) is 103 cm³/mol. The summed E-state index contributed by atoms with van der Waals surface area (Å²) in [4.78, 5) is 17.2. The van der Waals surface area contributed by atoms with Gasteiger partial charge in [-0.3, -0.25) is 9.69 Å². The van der Waals surface area contributed by atoms with Crippen molar-refractivity contribution in [3.8, 4) is 0 Å². The van der Waals surface area contributed by atoms with Crippen LogP contribution in [0.2, 0.25) is 0 Å². The normalized spacial score (nSPS) is 26.2. The van der Waals surface area contributed by atoms with Crippen LogP contribution in [0.3, 0.4) is 0 Å². The molecule has 1 aliphatic carbocycles. The summed E-state index contributed by atoms with van der Waals surface area (Å²) in [5.41, 5.74) is 7.47. The average molecular weight is 388 g/mol. The maximum absolute atomic E-state index is 12.6. The fraction of sp³-hybridized carbons (Fsp3) is 0.611. The van der Waals surface area contributed by atoms with Gasteiger partial charge in [0, 0.05) is 31.4 Å². The van der Waals surface area contributed by atoms with Crippen LogP contribution in [0.15, 0.2) is 24.3 Å². The van der Waals surface area contributed by atoms with E-state index in [2.05, 4.69) is 4.90 Å². The van der Waals surface area contributed by atoms with Gasteiger partial charge in [-0.15, -0.1) is 24.8 Å². The molecule has 2 N–H and O–H groups in total. The zero-order valence-electron chi connectivity index (χ0n) is 14.3. The second-order valence-electron chi connectivity index (χ2n) is 7.09. The highest BCUT2D eigenvalue weighted by Gasteiger charge is 2.43. The molecule has 1 saturated carbocycles. The molecule has 3 fully saturated rings. The minimum absolute atomic E-state index is 0. The Balaban J connectivity index is 0.00000113. The number of fused-ring (bicyclic) bond motifs is 1. The van der Waals surface area contributed by atoms with Gasteiger partial charge in [-0.25, -0.2) is 0 Å². The fourth-order valence-corrected chi connectivity index (χ4v) is 3.91. The summed E-state index contributed by atoms with van der Waals surface area (Å²) in [6.45, 7) is 4.27. The van der Waals surface area contributed by atoms with Crippen molar-refractivity contribution in [3.05, 3.63) is 29.8 Å². The van der Waals surface area contributed by atoms with E-state index in [1.165, 1.54) is 12.8 Å². The molecule has 0 radical (unpaired) electrons. The molecular weight excluding hydrogens is 361 g/mol. The number of nitrogens with two attached hydrogens (primary N) is 1. The first-order valence-corrected chi connectivity index (χ1v) is 8.66. The van der Waals surface area contributed by atoms with Crippen molar-refractivity contribution in [2.24, 2.45) is 5.92 Å². The van der Waals surface area contributed by atoms with Gasteiger partial charge in [0.2, 0.25) is 5.91 Å². The molecule has 2 aliphatic heterocycles. The third-order valence-corrected chi connectivity index (χ3v) is 5.41. The lowest BCUT2D eigenvalue weighted by Gasteiger charge is -2.48. The van der Waals surface area contributed by atoms with Crippen LogP contribution >= 0.6 is 24.8 Å². The van der Waals surface area contributed by atoms with Crippen LogP contribution in [-0.2, 0) is 16.0 Å². The van der Waals surface area contributed by atoms with E-state index in [0.29, 0.717) is 18.5 Å². The second kappa shape index (κ2) is 8.58. The third-order valence-electron chi connectivity index (χ3n) is 5.41. The van der Waals surface area contributed by atoms with Crippen LogP contribution in [0.25, 0.3) is 0 Å². The van der Waals surface area contributed by atoms with Crippen LogP contribution in [0, 0.1) is 5.92 Å². The van der Waals surface area contributed by atoms with Crippen molar-refractivity contribution in [1.29, 1.82) is 0 Å². The zero-order valence-corrected chi connectivity index (χ0v) is 15.9. The number of rotatable bonds is 3. The number of carbonyl (C=O) groups is 1. The number of halogens is 2. The number of piperazine rings is 1. The molecular formula is C18H27Cl2N3O2. The zero-order chi connectivity index (χ0) is 15.8. The Kier molecular flexibility index (Phi) is 6.97. The number of hydrogen-bond donors (Lipinski definition) is 1. The first-order valence-electron chi connectivity index (χ1n) is 8.66. The molecule has 25 heavy (non-hydrogen) atoms. The van der Waals surface area contributed by atoms with Crippen molar-refractivity contribution in [2.75, 3.05) is 38.6 Å². The number of nitrogens with zero attached hydrogens (tertiary/aromatic N) is 2. The summed E-state index contributed by atoms with van der Waals surface area (Å²) >= 11 is 0. The Labute approximate surface area is 161 Å². The van der Waals surface area contributed by atoms with E-state index in [4.69, 9.17) is 10.5 Å². The quantitative estimate of drug-likeness (QED) is 0.805. The van der Waals surface area contributed by atoms with E-state index in [0.717, 1.165) is 50.0 Å². The van der Waals surface area contributed by atoms with Gasteiger partial charge in [0.05, 0.1) is 25.7 Å². The van der Waals surface area contributed by atoms with Gasteiger partial charge in [-0.1, -0.05) is 12.1 Å². The van der Waals surface area contributed by atoms with Gasteiger partial charge in [0.25, 0.3) is 0 Å². The van der Waals surface area contributed by atoms with E-state index < -0.39 is 0 Å². The third kappa shape index (κ3) is 4.59. The Bertz CT molecular complexity index is 580. The first kappa shape index (κ1) is 20.3. The van der Waals surface area contributed by atoms with Gasteiger partial charge in [-0.05, 0) is 36.5 Å². The lowest BCUT2D eigenvalue weighted by Crippen LogP contribution is -2.63. The molecule has 140 valence electrons. The summed E-state index contributed by atoms with van der Waals surface area (Å²) in [5.74, 6) is 1.04. The lowest BCUT2D eigenvalue weighted by atomic mass is 10.0. The number of hydrogen-bond acceptors (Lipinski definition) is 4. The van der Waals surface area contributed by atoms with Crippen LogP contribution in [0.4, 0.5) is 5.69 Å². The van der Waals surface area contributed by atoms with Crippen LogP contribution in [0.5, 0.6) is 0 Å². The Hall–Kier alpha value is -1.01. The molecule has 0 aromatic heterocycles. The summed E-state index contributed by atoms with van der Waals surface area (Å²) in [6.07, 6.45) is 3.15. The highest BCUT2D eigenvalue weighted by atomic mass is 35.5. The number of amides is 1. The molecule has 1 aromatic carbocycles. The Morgan fingerprint density at radius 1 is 1.12 bits per heavy atom. The van der Waals surface area contributed by atoms with Crippen molar-refractivity contribution in [2.45, 2.75) is 31.3 Å². The SMILES string of the molecule is Cl.Cl.Nc1ccc(CC(=O)N2CCN3[C@@H](COC[C@@H]3C3CC3)C2)cc1. The number of carbonyl (C=O) groups excluding carboxylic acids is 1. The van der Waals surface area contributed by atoms with E-state index in [1.807, 2.05) is 29.2 Å². The van der Waals surface area contributed by atoms with Crippen LogP contribution < -0.4 is 5.73 Å². The van der Waals surface area contributed by atoms with Crippen molar-refractivity contribution in [3.63, 3.8) is 0 Å². The van der Waals surface area contributed by atoms with E-state index in [-0.39, 0.29) is 30.7 Å². The summed E-state index contributed by atoms with van der Waals surface area (Å²) < 4.78 is 5.82. The highest BCUT2D eigenvalue weighted by Crippen LogP contribution is 2.38. The second-order valence-corrected chi connectivity index (χ2v) is 7.09. The molecule has 0 unspecified atom stereocenters. The van der Waals surface area contributed by atoms with E-state index in [1.54, 1.807) is 0 Å². The van der Waals surface area contributed by atoms with E-state index >= 15 is 0 Å². The largest absolute Gasteiger partial charge is 0.399 e. The summed E-state index contributed by atoms with van der Waals surface area (Å²) in [6, 6.07) is 8.56. The highest BCUT2D eigenvalue weighted by molar-refractivity contribution is 5.85. The molecule has 5 nitrogen and oxygen atoms in total. The molecule has 7 heteroatoms. The summed E-state index contributed by atoms with van der Waals surface area (Å²) in [7, 11) is 0. The first-order chi connectivity index (χ1) is 11.2. The Morgan fingerprint density at radius 3 is 2.52 bits per heavy atom. The standard InChI is InChI=1S/C18H25N3O2.2ClH/c19-15-5-1-13(2-6-15)9-18(22)20-7-8-21-16(10-20)11-23-12-17(21)14-3-4-14;;/h1-2,5-6,14,16-17H,3-4,7-12,19H2;2*1H/t16-,17-;;/m1../s1. The minimum Gasteiger partial charge on any atom is -0.399 e. The van der Waals surface area contributed by atoms with Crippen LogP contribution in [0.1, 0.15) is 18.4 Å². The molecule has 2 saturated heterocycles. The van der Waals surface area contributed by atoms with Crippen LogP contribution in [-0.4, -0.2) is 60.6 Å². The number of anilines is 1. The molecule has 0 spiro atoms. The fourth-order valence-electron chi connectivity index (χ4n) is 3.91. The molecule has 1 amide bonds. The molecule has 4 rings (SSSR count). The average Bonchev–Trinajstić information content (AvgIpc) is 3.41. The van der Waals surface area contributed by atoms with Gasteiger partial charge >= 0.3 is 0 Å². The number of morpholine rings is 1. The summed E-state index contributed by atoms with van der Waals surface area (Å²) in [5, 5.41) is 0. The van der Waals surface area contributed by atoms with Gasteiger partial charge < -0.3 is 15.4 Å². The minimum atomic E-state index is 0. The van der Waals surface area contributed by atoms with Gasteiger partial charge in [0.1, 0.15) is 0 Å². The van der Waals surface area contributed by atoms with Crippen molar-refractivity contribution in [1.82, 2.24) is 9.80 Å². The molecule has 1 aromatic rings. The van der Waals surface area contributed by atoms with Gasteiger partial charge in [0.15, 0.2) is 0 Å². The topological polar surface area (TPSA) is 58.8 Å². The molecule has 3 aliphatic rings. The maximum atomic E-state index is 12.6. The van der Waals surface area contributed by atoms with Gasteiger partial charge in [-0.2, -0.15) is 0 Å². The molecule has 2 heterocycles. The Morgan fingerprint density at radius 2 is 1.84 bits per heavy atom. The number of ether oxygens (including phenoxy) is 1. The number of benzene rings is 1. The lowest BCUT2D eigenvalue weighted by molar-refractivity contribution is -0.139. The predicted octanol–water partition coefficient (Wildman–Crippen LogP) is 1.98. The smallest absolute Gasteiger partial charge is 0.227 e. The molecule has 0 bridgehead atoms. The monoisotopic (exact) mass is 387 g/mol. The molecule has 2 atom stereocenters. The maximum Gasteiger partial charge on any atom is 0.227 e. The number of nitrogen functional groups attached to an aromatic ring is 1. The van der Waals surface area contributed by atoms with Crippen molar-refractivity contribution >= 4 is 36.4 Å². The van der Waals surface area contributed by atoms with E-state index in [9.17, 15) is 4.79 Å².